The molecule has 0 aromatic carbocycles. The molecule has 0 saturated carbocycles. The standard InChI is InChI=1S/C14H15N5O/c1-9-8-11(19-18-9)3-5-13(20)16-12-4-2-10-6-7-15-14(10)17-12/h2,4,6-8H,3,5H2,1H3,(H,18,19)(H2,15,16,17,20). The Morgan fingerprint density at radius 3 is 3.05 bits per heavy atom. The van der Waals surface area contributed by atoms with E-state index < -0.39 is 0 Å². The Labute approximate surface area is 115 Å². The first kappa shape index (κ1) is 12.4. The van der Waals surface area contributed by atoms with Crippen molar-refractivity contribution in [2.75, 3.05) is 5.32 Å². The number of amides is 1. The number of carbonyl (C=O) groups is 1. The fraction of sp³-hybridized carbons (Fsp3) is 0.214. The molecule has 3 rings (SSSR count). The van der Waals surface area contributed by atoms with E-state index in [0.29, 0.717) is 18.7 Å². The van der Waals surface area contributed by atoms with Gasteiger partial charge in [0.2, 0.25) is 5.91 Å². The van der Waals surface area contributed by atoms with Crippen LogP contribution in [-0.2, 0) is 11.2 Å². The summed E-state index contributed by atoms with van der Waals surface area (Å²) in [5.74, 6) is 0.493. The predicted molar refractivity (Wildman–Crippen MR) is 76.4 cm³/mol. The van der Waals surface area contributed by atoms with Gasteiger partial charge in [0.25, 0.3) is 0 Å². The van der Waals surface area contributed by atoms with E-state index in [9.17, 15) is 4.79 Å². The number of carbonyl (C=O) groups excluding carboxylic acids is 1. The van der Waals surface area contributed by atoms with Gasteiger partial charge in [-0.25, -0.2) is 4.98 Å². The molecule has 1 amide bonds. The Hall–Kier alpha value is -2.63. The second-order valence-electron chi connectivity index (χ2n) is 4.70. The SMILES string of the molecule is Cc1cc(CCC(=O)Nc2ccc3cc[nH]c3n2)n[nH]1. The van der Waals surface area contributed by atoms with E-state index in [1.165, 1.54) is 0 Å². The summed E-state index contributed by atoms with van der Waals surface area (Å²) in [7, 11) is 0. The van der Waals surface area contributed by atoms with Crippen LogP contribution in [0, 0.1) is 6.92 Å². The normalized spacial score (nSPS) is 10.8. The zero-order valence-electron chi connectivity index (χ0n) is 11.1. The summed E-state index contributed by atoms with van der Waals surface area (Å²) in [6.07, 6.45) is 2.82. The van der Waals surface area contributed by atoms with Crippen LogP contribution in [-0.4, -0.2) is 26.1 Å². The first-order valence-electron chi connectivity index (χ1n) is 6.45. The lowest BCUT2D eigenvalue weighted by Crippen LogP contribution is -2.13. The molecule has 3 aromatic rings. The van der Waals surface area contributed by atoms with Gasteiger partial charge < -0.3 is 10.3 Å². The molecule has 102 valence electrons. The van der Waals surface area contributed by atoms with Crippen molar-refractivity contribution in [1.29, 1.82) is 0 Å². The number of hydrogen-bond donors (Lipinski definition) is 3. The zero-order valence-corrected chi connectivity index (χ0v) is 11.1. The number of nitrogens with zero attached hydrogens (tertiary/aromatic N) is 2. The summed E-state index contributed by atoms with van der Waals surface area (Å²) in [5.41, 5.74) is 2.66. The van der Waals surface area contributed by atoms with Gasteiger partial charge in [-0.05, 0) is 31.2 Å². The van der Waals surface area contributed by atoms with Gasteiger partial charge in [0.15, 0.2) is 0 Å². The smallest absolute Gasteiger partial charge is 0.225 e. The van der Waals surface area contributed by atoms with Crippen LogP contribution in [0.1, 0.15) is 17.8 Å². The van der Waals surface area contributed by atoms with Gasteiger partial charge >= 0.3 is 0 Å². The van der Waals surface area contributed by atoms with Crippen molar-refractivity contribution < 1.29 is 4.79 Å². The number of aromatic nitrogens is 4. The van der Waals surface area contributed by atoms with Crippen molar-refractivity contribution >= 4 is 22.8 Å². The molecule has 6 heteroatoms. The van der Waals surface area contributed by atoms with Crippen LogP contribution in [0.2, 0.25) is 0 Å². The summed E-state index contributed by atoms with van der Waals surface area (Å²) in [6.45, 7) is 1.94. The molecular formula is C14H15N5O. The van der Waals surface area contributed by atoms with Crippen LogP contribution >= 0.6 is 0 Å². The molecule has 6 nitrogen and oxygen atoms in total. The average Bonchev–Trinajstić information content (AvgIpc) is 3.04. The third kappa shape index (κ3) is 2.69. The predicted octanol–water partition coefficient (Wildman–Crippen LogP) is 2.17. The van der Waals surface area contributed by atoms with E-state index in [2.05, 4.69) is 25.5 Å². The van der Waals surface area contributed by atoms with Crippen molar-refractivity contribution in [1.82, 2.24) is 20.2 Å². The maximum atomic E-state index is 11.9. The van der Waals surface area contributed by atoms with Crippen LogP contribution in [0.25, 0.3) is 11.0 Å². The highest BCUT2D eigenvalue weighted by molar-refractivity contribution is 5.91. The molecule has 0 aliphatic rings. The van der Waals surface area contributed by atoms with E-state index in [1.54, 1.807) is 6.07 Å². The Kier molecular flexibility index (Phi) is 3.20. The highest BCUT2D eigenvalue weighted by Crippen LogP contribution is 2.13. The van der Waals surface area contributed by atoms with Gasteiger partial charge in [0.05, 0.1) is 5.69 Å². The third-order valence-electron chi connectivity index (χ3n) is 3.04. The summed E-state index contributed by atoms with van der Waals surface area (Å²) in [4.78, 5) is 19.2. The minimum atomic E-state index is -0.0657. The number of pyridine rings is 1. The van der Waals surface area contributed by atoms with Crippen molar-refractivity contribution in [2.24, 2.45) is 0 Å². The number of hydrogen-bond acceptors (Lipinski definition) is 3. The fourth-order valence-corrected chi connectivity index (χ4v) is 2.05. The van der Waals surface area contributed by atoms with Crippen molar-refractivity contribution in [3.05, 3.63) is 41.9 Å². The minimum Gasteiger partial charge on any atom is -0.346 e. The van der Waals surface area contributed by atoms with Gasteiger partial charge in [-0.1, -0.05) is 0 Å². The van der Waals surface area contributed by atoms with Crippen LogP contribution in [0.5, 0.6) is 0 Å². The van der Waals surface area contributed by atoms with E-state index in [4.69, 9.17) is 0 Å². The van der Waals surface area contributed by atoms with E-state index >= 15 is 0 Å². The van der Waals surface area contributed by atoms with Gasteiger partial charge in [-0.2, -0.15) is 5.10 Å². The van der Waals surface area contributed by atoms with E-state index in [1.807, 2.05) is 31.3 Å². The first-order valence-corrected chi connectivity index (χ1v) is 6.45. The fourth-order valence-electron chi connectivity index (χ4n) is 2.05. The molecule has 20 heavy (non-hydrogen) atoms. The molecule has 3 N–H and O–H groups in total. The number of anilines is 1. The molecule has 0 bridgehead atoms. The maximum absolute atomic E-state index is 11.9. The lowest BCUT2D eigenvalue weighted by Gasteiger charge is -2.03. The molecule has 0 unspecified atom stereocenters. The van der Waals surface area contributed by atoms with Gasteiger partial charge in [0, 0.05) is 30.1 Å². The number of aryl methyl sites for hydroxylation is 2. The highest BCUT2D eigenvalue weighted by Gasteiger charge is 2.06. The summed E-state index contributed by atoms with van der Waals surface area (Å²) < 4.78 is 0. The summed E-state index contributed by atoms with van der Waals surface area (Å²) in [6, 6.07) is 7.60. The molecule has 0 saturated heterocycles. The molecule has 0 radical (unpaired) electrons. The minimum absolute atomic E-state index is 0.0657. The Bertz CT molecular complexity index is 743. The third-order valence-corrected chi connectivity index (χ3v) is 3.04. The number of H-pyrrole nitrogens is 2. The Balaban J connectivity index is 1.60. The van der Waals surface area contributed by atoms with Crippen LogP contribution in [0.4, 0.5) is 5.82 Å². The van der Waals surface area contributed by atoms with Crippen molar-refractivity contribution in [2.45, 2.75) is 19.8 Å². The van der Waals surface area contributed by atoms with Gasteiger partial charge in [-0.3, -0.25) is 9.89 Å². The quantitative estimate of drug-likeness (QED) is 0.678. The Morgan fingerprint density at radius 2 is 2.25 bits per heavy atom. The lowest BCUT2D eigenvalue weighted by molar-refractivity contribution is -0.116. The number of aromatic amines is 2. The summed E-state index contributed by atoms with van der Waals surface area (Å²) in [5, 5.41) is 10.8. The number of nitrogens with one attached hydrogen (secondary N) is 3. The molecule has 0 aliphatic heterocycles. The lowest BCUT2D eigenvalue weighted by atomic mass is 10.2. The largest absolute Gasteiger partial charge is 0.346 e. The van der Waals surface area contributed by atoms with Gasteiger partial charge in [0.1, 0.15) is 11.5 Å². The molecule has 0 fully saturated rings. The first-order chi connectivity index (χ1) is 9.70. The second kappa shape index (κ2) is 5.16. The van der Waals surface area contributed by atoms with Crippen molar-refractivity contribution in [3.8, 4) is 0 Å². The topological polar surface area (TPSA) is 86.5 Å². The van der Waals surface area contributed by atoms with E-state index in [0.717, 1.165) is 22.4 Å². The molecule has 0 aliphatic carbocycles. The second-order valence-corrected chi connectivity index (χ2v) is 4.70. The molecule has 3 heterocycles. The number of rotatable bonds is 4. The molecule has 0 atom stereocenters. The van der Waals surface area contributed by atoms with Crippen molar-refractivity contribution in [3.63, 3.8) is 0 Å². The molecule has 0 spiro atoms. The van der Waals surface area contributed by atoms with Crippen LogP contribution < -0.4 is 5.32 Å². The number of fused-ring (bicyclic) bond motifs is 1. The van der Waals surface area contributed by atoms with Crippen LogP contribution in [0.15, 0.2) is 30.5 Å². The van der Waals surface area contributed by atoms with E-state index in [-0.39, 0.29) is 5.91 Å². The zero-order chi connectivity index (χ0) is 13.9. The highest BCUT2D eigenvalue weighted by atomic mass is 16.1. The average molecular weight is 269 g/mol. The monoisotopic (exact) mass is 269 g/mol. The summed E-state index contributed by atoms with van der Waals surface area (Å²) >= 11 is 0. The van der Waals surface area contributed by atoms with Crippen LogP contribution in [0.3, 0.4) is 0 Å². The maximum Gasteiger partial charge on any atom is 0.225 e. The molecule has 3 aromatic heterocycles. The molecular weight excluding hydrogens is 254 g/mol. The Morgan fingerprint density at radius 1 is 1.35 bits per heavy atom. The van der Waals surface area contributed by atoms with Gasteiger partial charge in [-0.15, -0.1) is 0 Å².